The van der Waals surface area contributed by atoms with Gasteiger partial charge in [-0.3, -0.25) is 32.5 Å². The van der Waals surface area contributed by atoms with Crippen molar-refractivity contribution < 1.29 is 75.8 Å². The first kappa shape index (κ1) is 88.7. The van der Waals surface area contributed by atoms with Gasteiger partial charge in [-0.2, -0.15) is 0 Å². The van der Waals surface area contributed by atoms with Gasteiger partial charge in [-0.25, -0.2) is 9.13 Å². The number of esters is 3. The highest BCUT2D eigenvalue weighted by Crippen LogP contribution is 2.45. The molecule has 0 saturated heterocycles. The summed E-state index contributed by atoms with van der Waals surface area (Å²) in [5, 5.41) is 20.6. The van der Waals surface area contributed by atoms with Gasteiger partial charge in [-0.05, 0) is 135 Å². The van der Waals surface area contributed by atoms with E-state index in [1.165, 1.54) is 25.7 Å². The first-order valence-corrected chi connectivity index (χ1v) is 38.5. The first-order chi connectivity index (χ1) is 45.2. The summed E-state index contributed by atoms with van der Waals surface area (Å²) < 4.78 is 60.9. The molecule has 93 heavy (non-hydrogen) atoms. The van der Waals surface area contributed by atoms with Crippen LogP contribution in [0.1, 0.15) is 265 Å². The Morgan fingerprint density at radius 3 is 0.903 bits per heavy atom. The van der Waals surface area contributed by atoms with Gasteiger partial charge in [0.25, 0.3) is 0 Å². The van der Waals surface area contributed by atoms with Crippen LogP contribution < -0.4 is 0 Å². The lowest BCUT2D eigenvalue weighted by molar-refractivity contribution is -0.161. The van der Waals surface area contributed by atoms with Gasteiger partial charge in [-0.1, -0.05) is 244 Å². The minimum atomic E-state index is -4.94. The summed E-state index contributed by atoms with van der Waals surface area (Å²) in [6.45, 7) is 2.36. The molecule has 532 valence electrons. The molecule has 0 rings (SSSR count). The van der Waals surface area contributed by atoms with Gasteiger partial charge in [0, 0.05) is 19.3 Å². The van der Waals surface area contributed by atoms with Crippen LogP contribution in [0.2, 0.25) is 0 Å². The lowest BCUT2D eigenvalue weighted by Gasteiger charge is -2.21. The Balaban J connectivity index is 4.68. The highest BCUT2D eigenvalue weighted by atomic mass is 31.2. The van der Waals surface area contributed by atoms with E-state index in [0.29, 0.717) is 19.3 Å². The second kappa shape index (κ2) is 67.7. The number of hydrogen-bond donors (Lipinski definition) is 4. The summed E-state index contributed by atoms with van der Waals surface area (Å²) in [4.78, 5) is 58.5. The van der Waals surface area contributed by atoms with Crippen molar-refractivity contribution in [1.29, 1.82) is 0 Å². The summed E-state index contributed by atoms with van der Waals surface area (Å²) in [6.07, 6.45) is 79.2. The molecule has 0 aromatic carbocycles. The maximum absolute atomic E-state index is 12.9. The zero-order chi connectivity index (χ0) is 68.1. The van der Waals surface area contributed by atoms with Crippen LogP contribution in [0.25, 0.3) is 0 Å². The van der Waals surface area contributed by atoms with Gasteiger partial charge in [-0.15, -0.1) is 0 Å². The van der Waals surface area contributed by atoms with E-state index in [0.717, 1.165) is 180 Å². The third-order valence-corrected chi connectivity index (χ3v) is 16.2. The maximum atomic E-state index is 12.9. The van der Waals surface area contributed by atoms with E-state index in [1.807, 2.05) is 0 Å². The van der Waals surface area contributed by atoms with Crippen molar-refractivity contribution in [2.24, 2.45) is 0 Å². The number of rotatable bonds is 66. The lowest BCUT2D eigenvalue weighted by atomic mass is 10.1. The molecule has 0 aromatic rings. The Morgan fingerprint density at radius 1 is 0.312 bits per heavy atom. The van der Waals surface area contributed by atoms with Gasteiger partial charge >= 0.3 is 33.6 Å². The van der Waals surface area contributed by atoms with E-state index in [4.69, 9.17) is 32.3 Å². The monoisotopic (exact) mass is 1340 g/mol. The molecule has 0 aliphatic heterocycles. The summed E-state index contributed by atoms with van der Waals surface area (Å²) in [7, 11) is -9.80. The van der Waals surface area contributed by atoms with Crippen LogP contribution in [-0.4, -0.2) is 95.9 Å². The molecule has 0 saturated carbocycles. The molecule has 0 fully saturated rings. The summed E-state index contributed by atoms with van der Waals surface area (Å²) in [5.74, 6) is -1.63. The van der Waals surface area contributed by atoms with Gasteiger partial charge in [0.1, 0.15) is 25.4 Å². The zero-order valence-electron chi connectivity index (χ0n) is 57.6. The second-order valence-electron chi connectivity index (χ2n) is 23.3. The highest BCUT2D eigenvalue weighted by molar-refractivity contribution is 7.47. The summed E-state index contributed by atoms with van der Waals surface area (Å²) in [6, 6.07) is 0. The highest BCUT2D eigenvalue weighted by Gasteiger charge is 2.29. The molecular formula is C75H126O16P2. The molecule has 0 radical (unpaired) electrons. The molecule has 0 bridgehead atoms. The van der Waals surface area contributed by atoms with Crippen LogP contribution >= 0.6 is 15.6 Å². The Hall–Kier alpha value is -4.31. The Bertz CT molecular complexity index is 2230. The van der Waals surface area contributed by atoms with Crippen LogP contribution in [0.15, 0.2) is 134 Å². The number of allylic oxidation sites excluding steroid dienone is 22. The fourth-order valence-electron chi connectivity index (χ4n) is 8.97. The van der Waals surface area contributed by atoms with E-state index in [2.05, 4.69) is 154 Å². The molecule has 5 unspecified atom stereocenters. The van der Waals surface area contributed by atoms with Crippen molar-refractivity contribution in [3.8, 4) is 0 Å². The predicted octanol–water partition coefficient (Wildman–Crippen LogP) is 20.0. The standard InChI is InChI=1S/C75H126O16P2/c1-4-7-10-13-16-19-22-25-28-31-32-33-34-35-36-39-41-43-46-49-52-55-58-61-73(78)85-64-70(76)65-87-92(81,82)88-66-71(77)67-89-93(83,84)90-69-72(91-75(80)63-60-57-54-51-48-45-42-38-30-27-24-21-18-15-12-9-6-3)68-86-74(79)62-59-56-53-50-47-44-40-37-29-26-23-20-17-14-11-8-5-2/h8-9,11-12,16-21,25-30,32-33,35-36,40,44,70-72,76-77H,4-7,10,13-15,22-24,31,34,37-39,41-43,45-69H2,1-3H3,(H,81,82)(H,83,84)/b11-8-,12-9-,19-16-,20-17-,21-18-,28-25-,29-26-,30-27-,33-32-,36-35-,44-40-. The predicted molar refractivity (Wildman–Crippen MR) is 380 cm³/mol. The average molecular weight is 1350 g/mol. The van der Waals surface area contributed by atoms with Crippen molar-refractivity contribution in [3.63, 3.8) is 0 Å². The third-order valence-electron chi connectivity index (χ3n) is 14.3. The number of carbonyl (C=O) groups is 3. The van der Waals surface area contributed by atoms with Crippen LogP contribution in [0.3, 0.4) is 0 Å². The smallest absolute Gasteiger partial charge is 0.463 e. The maximum Gasteiger partial charge on any atom is 0.472 e. The lowest BCUT2D eigenvalue weighted by Crippen LogP contribution is -2.30. The van der Waals surface area contributed by atoms with Crippen molar-refractivity contribution in [3.05, 3.63) is 134 Å². The van der Waals surface area contributed by atoms with E-state index in [1.54, 1.807) is 0 Å². The Labute approximate surface area is 563 Å². The molecule has 5 atom stereocenters. The molecule has 0 heterocycles. The van der Waals surface area contributed by atoms with Crippen molar-refractivity contribution in [2.75, 3.05) is 39.6 Å². The SMILES string of the molecule is CC/C=C\C/C=C\C/C=C\C/C=C\CCCCCCC(=O)OCC(COP(=O)(O)OCC(O)COP(=O)(O)OCC(O)COC(=O)CCCCCCCCC/C=C\C/C=C\C/C=C\C/C=C\CCCCC)OC(=O)CCCCCCCCC/C=C\C/C=C\C/C=C\CC. The van der Waals surface area contributed by atoms with Crippen LogP contribution in [-0.2, 0) is 55.8 Å². The number of aliphatic hydroxyl groups is 2. The van der Waals surface area contributed by atoms with E-state index >= 15 is 0 Å². The number of carbonyl (C=O) groups excluding carboxylic acids is 3. The quantitative estimate of drug-likeness (QED) is 0.0146. The average Bonchev–Trinajstić information content (AvgIpc) is 3.67. The minimum Gasteiger partial charge on any atom is -0.463 e. The van der Waals surface area contributed by atoms with Gasteiger partial charge in [0.05, 0.1) is 26.4 Å². The first-order valence-electron chi connectivity index (χ1n) is 35.5. The van der Waals surface area contributed by atoms with Gasteiger partial charge < -0.3 is 34.2 Å². The van der Waals surface area contributed by atoms with Gasteiger partial charge in [0.15, 0.2) is 6.10 Å². The van der Waals surface area contributed by atoms with Crippen molar-refractivity contribution in [1.82, 2.24) is 0 Å². The molecule has 0 aliphatic rings. The fraction of sp³-hybridized carbons (Fsp3) is 0.667. The van der Waals surface area contributed by atoms with E-state index in [9.17, 15) is 43.5 Å². The molecule has 0 aromatic heterocycles. The normalized spacial score (nSPS) is 15.0. The summed E-state index contributed by atoms with van der Waals surface area (Å²) >= 11 is 0. The van der Waals surface area contributed by atoms with E-state index < -0.39 is 91.5 Å². The van der Waals surface area contributed by atoms with Crippen LogP contribution in [0.5, 0.6) is 0 Å². The number of phosphoric ester groups is 2. The molecule has 0 amide bonds. The molecule has 4 N–H and O–H groups in total. The molecular weight excluding hydrogens is 1220 g/mol. The Kier molecular flexibility index (Phi) is 64.5. The number of aliphatic hydroxyl groups excluding tert-OH is 2. The largest absolute Gasteiger partial charge is 0.472 e. The second-order valence-corrected chi connectivity index (χ2v) is 26.2. The van der Waals surface area contributed by atoms with Crippen LogP contribution in [0, 0.1) is 0 Å². The molecule has 0 aliphatic carbocycles. The zero-order valence-corrected chi connectivity index (χ0v) is 59.4. The summed E-state index contributed by atoms with van der Waals surface area (Å²) in [5.41, 5.74) is 0. The Morgan fingerprint density at radius 2 is 0.570 bits per heavy atom. The number of ether oxygens (including phenoxy) is 3. The van der Waals surface area contributed by atoms with Crippen LogP contribution in [0.4, 0.5) is 0 Å². The number of hydrogen-bond acceptors (Lipinski definition) is 14. The topological polar surface area (TPSA) is 231 Å². The van der Waals surface area contributed by atoms with Gasteiger partial charge in [0.2, 0.25) is 0 Å². The molecule has 18 heteroatoms. The van der Waals surface area contributed by atoms with Crippen molar-refractivity contribution >= 4 is 33.6 Å². The van der Waals surface area contributed by atoms with Crippen molar-refractivity contribution in [2.45, 2.75) is 283 Å². The molecule has 0 spiro atoms. The fourth-order valence-corrected chi connectivity index (χ4v) is 10.6. The number of phosphoric acid groups is 2. The molecule has 16 nitrogen and oxygen atoms in total. The third kappa shape index (κ3) is 68.9. The number of unbranched alkanes of at least 4 members (excludes halogenated alkanes) is 21. The minimum absolute atomic E-state index is 0.0833. The van der Waals surface area contributed by atoms with E-state index in [-0.39, 0.29) is 19.3 Å².